The molecule has 0 spiro atoms. The summed E-state index contributed by atoms with van der Waals surface area (Å²) in [4.78, 5) is 25.6. The van der Waals surface area contributed by atoms with Crippen molar-refractivity contribution in [2.75, 3.05) is 23.3 Å². The Morgan fingerprint density at radius 1 is 1.17 bits per heavy atom. The van der Waals surface area contributed by atoms with E-state index in [0.717, 1.165) is 37.9 Å². The fraction of sp³-hybridized carbons (Fsp3) is 0.300. The average Bonchev–Trinajstić information content (AvgIpc) is 2.70. The number of amides is 1. The maximum absolute atomic E-state index is 12.5. The molecule has 152 valence electrons. The molecule has 2 aromatic carbocycles. The first-order valence-corrected chi connectivity index (χ1v) is 9.71. The number of aryl methyl sites for hydroxylation is 1. The van der Waals surface area contributed by atoms with E-state index in [2.05, 4.69) is 10.6 Å². The molecule has 1 amide bonds. The highest BCUT2D eigenvalue weighted by Gasteiger charge is 2.23. The van der Waals surface area contributed by atoms with Crippen LogP contribution in [0.25, 0.3) is 0 Å². The van der Waals surface area contributed by atoms with Crippen LogP contribution in [0.5, 0.6) is 5.75 Å². The van der Waals surface area contributed by atoms with E-state index in [9.17, 15) is 20.0 Å². The SMILES string of the molecule is Cc1ccc(NC(=S)NC(=O)c2ccc(N3CCCCC3)c([N+](=O)[O-])c2)c(O)c1. The number of thiocarbonyl (C=S) groups is 1. The number of hydrogen-bond donors (Lipinski definition) is 3. The molecule has 8 nitrogen and oxygen atoms in total. The lowest BCUT2D eigenvalue weighted by Gasteiger charge is -2.28. The lowest BCUT2D eigenvalue weighted by atomic mass is 10.1. The van der Waals surface area contributed by atoms with E-state index in [4.69, 9.17) is 12.2 Å². The Kier molecular flexibility index (Phi) is 6.28. The van der Waals surface area contributed by atoms with Gasteiger partial charge in [0.05, 0.1) is 10.6 Å². The summed E-state index contributed by atoms with van der Waals surface area (Å²) >= 11 is 5.12. The summed E-state index contributed by atoms with van der Waals surface area (Å²) in [6.45, 7) is 3.37. The van der Waals surface area contributed by atoms with E-state index in [1.165, 1.54) is 6.07 Å². The van der Waals surface area contributed by atoms with Crippen LogP contribution >= 0.6 is 12.2 Å². The van der Waals surface area contributed by atoms with Crippen molar-refractivity contribution < 1.29 is 14.8 Å². The predicted octanol–water partition coefficient (Wildman–Crippen LogP) is 3.73. The average molecular weight is 414 g/mol. The van der Waals surface area contributed by atoms with Crippen LogP contribution in [0.15, 0.2) is 36.4 Å². The van der Waals surface area contributed by atoms with E-state index in [1.54, 1.807) is 30.3 Å². The van der Waals surface area contributed by atoms with Crippen molar-refractivity contribution in [1.29, 1.82) is 0 Å². The van der Waals surface area contributed by atoms with E-state index in [0.29, 0.717) is 11.4 Å². The monoisotopic (exact) mass is 414 g/mol. The van der Waals surface area contributed by atoms with E-state index >= 15 is 0 Å². The number of carbonyl (C=O) groups is 1. The van der Waals surface area contributed by atoms with E-state index in [1.807, 2.05) is 11.8 Å². The van der Waals surface area contributed by atoms with Gasteiger partial charge in [-0.15, -0.1) is 0 Å². The van der Waals surface area contributed by atoms with Gasteiger partial charge in [0, 0.05) is 24.7 Å². The first-order chi connectivity index (χ1) is 13.8. The molecule has 0 aliphatic carbocycles. The summed E-state index contributed by atoms with van der Waals surface area (Å²) in [6.07, 6.45) is 3.10. The standard InChI is InChI=1S/C20H22N4O4S/c1-13-5-7-15(18(25)11-13)21-20(29)22-19(26)14-6-8-16(17(12-14)24(27)28)23-9-3-2-4-10-23/h5-8,11-12,25H,2-4,9-10H2,1H3,(H2,21,22,26,29). The highest BCUT2D eigenvalue weighted by Crippen LogP contribution is 2.31. The summed E-state index contributed by atoms with van der Waals surface area (Å²) in [5.74, 6) is -0.564. The molecular weight excluding hydrogens is 392 g/mol. The third-order valence-corrected chi connectivity index (χ3v) is 4.96. The molecule has 9 heteroatoms. The highest BCUT2D eigenvalue weighted by molar-refractivity contribution is 7.80. The van der Waals surface area contributed by atoms with Gasteiger partial charge in [0.25, 0.3) is 11.6 Å². The van der Waals surface area contributed by atoms with Gasteiger partial charge in [0.15, 0.2) is 5.11 Å². The van der Waals surface area contributed by atoms with Gasteiger partial charge in [0.1, 0.15) is 11.4 Å². The zero-order chi connectivity index (χ0) is 21.0. The van der Waals surface area contributed by atoms with Gasteiger partial charge in [-0.25, -0.2) is 0 Å². The Morgan fingerprint density at radius 3 is 2.55 bits per heavy atom. The van der Waals surface area contributed by atoms with Crippen LogP contribution in [0.3, 0.4) is 0 Å². The van der Waals surface area contributed by atoms with Crippen LogP contribution in [0.1, 0.15) is 35.2 Å². The molecule has 0 atom stereocenters. The van der Waals surface area contributed by atoms with Crippen molar-refractivity contribution in [2.45, 2.75) is 26.2 Å². The summed E-state index contributed by atoms with van der Waals surface area (Å²) in [5.41, 5.74) is 1.79. The quantitative estimate of drug-likeness (QED) is 0.303. The topological polar surface area (TPSA) is 108 Å². The third-order valence-electron chi connectivity index (χ3n) is 4.76. The van der Waals surface area contributed by atoms with Crippen molar-refractivity contribution in [3.8, 4) is 5.75 Å². The van der Waals surface area contributed by atoms with Gasteiger partial charge >= 0.3 is 0 Å². The molecule has 3 N–H and O–H groups in total. The normalized spacial score (nSPS) is 13.6. The number of piperidine rings is 1. The van der Waals surface area contributed by atoms with Gasteiger partial charge in [-0.05, 0) is 68.2 Å². The molecular formula is C20H22N4O4S. The molecule has 3 rings (SSSR count). The first kappa shape index (κ1) is 20.5. The molecule has 1 fully saturated rings. The van der Waals surface area contributed by atoms with Crippen molar-refractivity contribution >= 4 is 40.3 Å². The van der Waals surface area contributed by atoms with E-state index in [-0.39, 0.29) is 22.1 Å². The number of nitrogens with zero attached hydrogens (tertiary/aromatic N) is 2. The van der Waals surface area contributed by atoms with Crippen molar-refractivity contribution in [3.05, 3.63) is 57.6 Å². The summed E-state index contributed by atoms with van der Waals surface area (Å²) in [7, 11) is 0. The molecule has 1 saturated heterocycles. The van der Waals surface area contributed by atoms with Gasteiger partial charge in [-0.3, -0.25) is 20.2 Å². The van der Waals surface area contributed by atoms with Gasteiger partial charge in [-0.1, -0.05) is 6.07 Å². The highest BCUT2D eigenvalue weighted by atomic mass is 32.1. The number of phenols is 1. The van der Waals surface area contributed by atoms with Crippen LogP contribution in [0, 0.1) is 17.0 Å². The Hall–Kier alpha value is -3.20. The molecule has 1 aliphatic heterocycles. The maximum Gasteiger partial charge on any atom is 0.293 e. The number of carbonyl (C=O) groups excluding carboxylic acids is 1. The smallest absolute Gasteiger partial charge is 0.293 e. The molecule has 0 unspecified atom stereocenters. The minimum Gasteiger partial charge on any atom is -0.506 e. The van der Waals surface area contributed by atoms with E-state index < -0.39 is 10.8 Å². The number of benzene rings is 2. The lowest BCUT2D eigenvalue weighted by molar-refractivity contribution is -0.384. The second-order valence-corrected chi connectivity index (χ2v) is 7.35. The molecule has 1 aliphatic rings. The Bertz CT molecular complexity index is 957. The van der Waals surface area contributed by atoms with Crippen molar-refractivity contribution in [2.24, 2.45) is 0 Å². The minimum absolute atomic E-state index is 0.00289. The molecule has 0 radical (unpaired) electrons. The van der Waals surface area contributed by atoms with Crippen LogP contribution in [0.4, 0.5) is 17.1 Å². The number of nitro groups is 1. The van der Waals surface area contributed by atoms with Crippen LogP contribution < -0.4 is 15.5 Å². The fourth-order valence-corrected chi connectivity index (χ4v) is 3.49. The lowest BCUT2D eigenvalue weighted by Crippen LogP contribution is -2.34. The number of phenolic OH excluding ortho intramolecular Hbond substituents is 1. The summed E-state index contributed by atoms with van der Waals surface area (Å²) in [6, 6.07) is 9.43. The number of hydrogen-bond acceptors (Lipinski definition) is 6. The largest absolute Gasteiger partial charge is 0.506 e. The Balaban J connectivity index is 1.73. The third kappa shape index (κ3) is 5.00. The minimum atomic E-state index is -0.567. The Morgan fingerprint density at radius 2 is 1.90 bits per heavy atom. The molecule has 0 bridgehead atoms. The molecule has 0 saturated carbocycles. The summed E-state index contributed by atoms with van der Waals surface area (Å²) < 4.78 is 0. The van der Waals surface area contributed by atoms with Crippen LogP contribution in [-0.2, 0) is 0 Å². The predicted molar refractivity (Wildman–Crippen MR) is 116 cm³/mol. The zero-order valence-electron chi connectivity index (χ0n) is 16.0. The summed E-state index contributed by atoms with van der Waals surface area (Å²) in [5, 5.41) is 26.7. The molecule has 29 heavy (non-hydrogen) atoms. The Labute approximate surface area is 173 Å². The molecule has 2 aromatic rings. The molecule has 0 aromatic heterocycles. The zero-order valence-corrected chi connectivity index (χ0v) is 16.8. The van der Waals surface area contributed by atoms with Crippen molar-refractivity contribution in [1.82, 2.24) is 5.32 Å². The van der Waals surface area contributed by atoms with Crippen LogP contribution in [0.2, 0.25) is 0 Å². The van der Waals surface area contributed by atoms with Gasteiger partial charge < -0.3 is 15.3 Å². The number of aromatic hydroxyl groups is 1. The molecule has 1 heterocycles. The van der Waals surface area contributed by atoms with Gasteiger partial charge in [0.2, 0.25) is 0 Å². The second kappa shape index (κ2) is 8.87. The second-order valence-electron chi connectivity index (χ2n) is 6.94. The van der Waals surface area contributed by atoms with Crippen LogP contribution in [-0.4, -0.2) is 34.1 Å². The number of anilines is 2. The van der Waals surface area contributed by atoms with Crippen molar-refractivity contribution in [3.63, 3.8) is 0 Å². The number of nitrogens with one attached hydrogen (secondary N) is 2. The number of rotatable bonds is 4. The fourth-order valence-electron chi connectivity index (χ4n) is 3.29. The maximum atomic E-state index is 12.5. The van der Waals surface area contributed by atoms with Gasteiger partial charge in [-0.2, -0.15) is 0 Å². The first-order valence-electron chi connectivity index (χ1n) is 9.30. The number of nitro benzene ring substituents is 1.